The van der Waals surface area contributed by atoms with E-state index in [2.05, 4.69) is 36.4 Å². The molecule has 2 rings (SSSR count). The Hall–Kier alpha value is 0.690. The van der Waals surface area contributed by atoms with Crippen molar-refractivity contribution in [1.29, 1.82) is 0 Å². The van der Waals surface area contributed by atoms with Gasteiger partial charge < -0.3 is 4.74 Å². The molecule has 0 aromatic rings. The lowest BCUT2D eigenvalue weighted by Crippen LogP contribution is -2.43. The lowest BCUT2D eigenvalue weighted by atomic mass is 9.78. The first-order chi connectivity index (χ1) is 7.65. The molecule has 0 bridgehead atoms. The molecule has 1 atom stereocenters. The maximum atomic E-state index is 6.47. The molecule has 0 aromatic heterocycles. The lowest BCUT2D eigenvalue weighted by Gasteiger charge is -2.43. The Bertz CT molecular complexity index is 217. The molecule has 0 N–H and O–H groups in total. The van der Waals surface area contributed by atoms with Crippen LogP contribution in [0.15, 0.2) is 0 Å². The molecule has 2 heteroatoms. The maximum absolute atomic E-state index is 6.47. The van der Waals surface area contributed by atoms with Gasteiger partial charge in [0.1, 0.15) is 0 Å². The van der Waals surface area contributed by atoms with Crippen molar-refractivity contribution in [2.45, 2.75) is 70.5 Å². The van der Waals surface area contributed by atoms with Gasteiger partial charge in [-0.1, -0.05) is 35.9 Å². The first-order valence-electron chi connectivity index (χ1n) is 6.89. The number of hydrogen-bond donors (Lipinski definition) is 0. The molecule has 16 heavy (non-hydrogen) atoms. The zero-order chi connectivity index (χ0) is 11.6. The summed E-state index contributed by atoms with van der Waals surface area (Å²) in [5.74, 6) is 1.78. The molecule has 94 valence electrons. The van der Waals surface area contributed by atoms with Crippen molar-refractivity contribution >= 4 is 22.6 Å². The minimum atomic E-state index is 0.224. The van der Waals surface area contributed by atoms with E-state index >= 15 is 0 Å². The Morgan fingerprint density at radius 1 is 1.25 bits per heavy atom. The largest absolute Gasteiger partial charge is 0.371 e. The van der Waals surface area contributed by atoms with Gasteiger partial charge in [-0.25, -0.2) is 0 Å². The van der Waals surface area contributed by atoms with E-state index in [1.165, 1.54) is 49.4 Å². The SMILES string of the molecule is CC1CCC(CI)(OC(C)C2CCC2)CC1. The van der Waals surface area contributed by atoms with Crippen molar-refractivity contribution in [2.24, 2.45) is 11.8 Å². The average Bonchev–Trinajstić information content (AvgIpc) is 2.19. The normalized spacial score (nSPS) is 38.1. The van der Waals surface area contributed by atoms with E-state index in [0.717, 1.165) is 11.8 Å². The fraction of sp³-hybridized carbons (Fsp3) is 1.00. The maximum Gasteiger partial charge on any atom is 0.0775 e. The van der Waals surface area contributed by atoms with Crippen LogP contribution >= 0.6 is 22.6 Å². The van der Waals surface area contributed by atoms with Crippen molar-refractivity contribution in [3.8, 4) is 0 Å². The summed E-state index contributed by atoms with van der Waals surface area (Å²) in [5.41, 5.74) is 0.224. The molecule has 0 heterocycles. The highest BCUT2D eigenvalue weighted by Gasteiger charge is 2.37. The number of halogens is 1. The second-order valence-corrected chi connectivity index (χ2v) is 6.78. The summed E-state index contributed by atoms with van der Waals surface area (Å²) in [5, 5.41) is 0. The summed E-state index contributed by atoms with van der Waals surface area (Å²) in [6.07, 6.45) is 10.0. The zero-order valence-corrected chi connectivity index (χ0v) is 12.8. The van der Waals surface area contributed by atoms with Gasteiger partial charge in [0.2, 0.25) is 0 Å². The Labute approximate surface area is 114 Å². The minimum absolute atomic E-state index is 0.224. The van der Waals surface area contributed by atoms with Crippen molar-refractivity contribution in [1.82, 2.24) is 0 Å². The molecule has 0 radical (unpaired) electrons. The molecular weight excluding hydrogens is 311 g/mol. The van der Waals surface area contributed by atoms with E-state index in [0.29, 0.717) is 6.10 Å². The predicted octanol–water partition coefficient (Wildman–Crippen LogP) is 4.58. The van der Waals surface area contributed by atoms with Gasteiger partial charge in [0, 0.05) is 4.43 Å². The van der Waals surface area contributed by atoms with Gasteiger partial charge in [-0.15, -0.1) is 0 Å². The molecule has 2 saturated carbocycles. The first kappa shape index (κ1) is 13.1. The molecule has 2 fully saturated rings. The van der Waals surface area contributed by atoms with Crippen LogP contribution in [0.3, 0.4) is 0 Å². The molecule has 0 aromatic carbocycles. The molecule has 1 unspecified atom stereocenters. The second-order valence-electron chi connectivity index (χ2n) is 6.01. The number of alkyl halides is 1. The number of rotatable bonds is 4. The van der Waals surface area contributed by atoms with Crippen LogP contribution in [0.2, 0.25) is 0 Å². The molecule has 0 saturated heterocycles. The van der Waals surface area contributed by atoms with Crippen LogP contribution in [0.1, 0.15) is 58.8 Å². The van der Waals surface area contributed by atoms with E-state index < -0.39 is 0 Å². The first-order valence-corrected chi connectivity index (χ1v) is 8.41. The van der Waals surface area contributed by atoms with Crippen molar-refractivity contribution in [3.05, 3.63) is 0 Å². The summed E-state index contributed by atoms with van der Waals surface area (Å²) in [6, 6.07) is 0. The van der Waals surface area contributed by atoms with Gasteiger partial charge >= 0.3 is 0 Å². The van der Waals surface area contributed by atoms with Crippen LogP contribution in [0.5, 0.6) is 0 Å². The van der Waals surface area contributed by atoms with Gasteiger partial charge in [0.05, 0.1) is 11.7 Å². The fourth-order valence-corrected chi connectivity index (χ4v) is 3.91. The molecule has 0 spiro atoms. The third kappa shape index (κ3) is 2.92. The van der Waals surface area contributed by atoms with Crippen molar-refractivity contribution in [2.75, 3.05) is 4.43 Å². The van der Waals surface area contributed by atoms with Crippen LogP contribution in [0, 0.1) is 11.8 Å². The van der Waals surface area contributed by atoms with Gasteiger partial charge in [-0.05, 0) is 57.3 Å². The molecule has 1 nitrogen and oxygen atoms in total. The summed E-state index contributed by atoms with van der Waals surface area (Å²) in [7, 11) is 0. The van der Waals surface area contributed by atoms with Gasteiger partial charge in [-0.3, -0.25) is 0 Å². The van der Waals surface area contributed by atoms with Crippen molar-refractivity contribution < 1.29 is 4.74 Å². The average molecular weight is 336 g/mol. The molecule has 2 aliphatic carbocycles. The van der Waals surface area contributed by atoms with Crippen LogP contribution < -0.4 is 0 Å². The monoisotopic (exact) mass is 336 g/mol. The Morgan fingerprint density at radius 3 is 2.31 bits per heavy atom. The van der Waals surface area contributed by atoms with Crippen LogP contribution in [0.4, 0.5) is 0 Å². The quantitative estimate of drug-likeness (QED) is 0.540. The lowest BCUT2D eigenvalue weighted by molar-refractivity contribution is -0.125. The van der Waals surface area contributed by atoms with E-state index in [-0.39, 0.29) is 5.60 Å². The zero-order valence-electron chi connectivity index (χ0n) is 10.7. The highest BCUT2D eigenvalue weighted by Crippen LogP contribution is 2.40. The third-order valence-corrected chi connectivity index (χ3v) is 6.07. The van der Waals surface area contributed by atoms with Gasteiger partial charge in [0.15, 0.2) is 0 Å². The predicted molar refractivity (Wildman–Crippen MR) is 77.1 cm³/mol. The van der Waals surface area contributed by atoms with E-state index in [4.69, 9.17) is 4.74 Å². The Balaban J connectivity index is 1.88. The van der Waals surface area contributed by atoms with Crippen LogP contribution in [-0.4, -0.2) is 16.1 Å². The molecule has 0 aliphatic heterocycles. The second kappa shape index (κ2) is 5.55. The van der Waals surface area contributed by atoms with E-state index in [9.17, 15) is 0 Å². The highest BCUT2D eigenvalue weighted by molar-refractivity contribution is 14.1. The topological polar surface area (TPSA) is 9.23 Å². The molecular formula is C14H25IO. The summed E-state index contributed by atoms with van der Waals surface area (Å²) in [6.45, 7) is 4.68. The fourth-order valence-electron chi connectivity index (χ4n) is 2.97. The summed E-state index contributed by atoms with van der Waals surface area (Å²) >= 11 is 2.53. The summed E-state index contributed by atoms with van der Waals surface area (Å²) in [4.78, 5) is 0. The Morgan fingerprint density at radius 2 is 1.88 bits per heavy atom. The third-order valence-electron chi connectivity index (χ3n) is 4.68. The Kier molecular flexibility index (Phi) is 4.56. The number of hydrogen-bond acceptors (Lipinski definition) is 1. The number of ether oxygens (including phenoxy) is 1. The molecule has 0 amide bonds. The summed E-state index contributed by atoms with van der Waals surface area (Å²) < 4.78 is 7.65. The smallest absolute Gasteiger partial charge is 0.0775 e. The van der Waals surface area contributed by atoms with Crippen molar-refractivity contribution in [3.63, 3.8) is 0 Å². The minimum Gasteiger partial charge on any atom is -0.371 e. The molecule has 2 aliphatic rings. The standard InChI is InChI=1S/C14H25IO/c1-11-6-8-14(10-15,9-7-11)16-12(2)13-4-3-5-13/h11-13H,3-10H2,1-2H3. The van der Waals surface area contributed by atoms with Gasteiger partial charge in [-0.2, -0.15) is 0 Å². The highest BCUT2D eigenvalue weighted by atomic mass is 127. The van der Waals surface area contributed by atoms with Crippen LogP contribution in [0.25, 0.3) is 0 Å². The van der Waals surface area contributed by atoms with Gasteiger partial charge in [0.25, 0.3) is 0 Å². The van der Waals surface area contributed by atoms with E-state index in [1.54, 1.807) is 0 Å². The van der Waals surface area contributed by atoms with E-state index in [1.807, 2.05) is 0 Å². The van der Waals surface area contributed by atoms with Crippen LogP contribution in [-0.2, 0) is 4.74 Å².